The Morgan fingerprint density at radius 1 is 1.15 bits per heavy atom. The molecule has 1 saturated heterocycles. The van der Waals surface area contributed by atoms with Crippen molar-refractivity contribution in [3.05, 3.63) is 59.2 Å². The van der Waals surface area contributed by atoms with Gasteiger partial charge in [0.2, 0.25) is 0 Å². The van der Waals surface area contributed by atoms with Gasteiger partial charge in [-0.3, -0.25) is 9.11 Å². The first-order chi connectivity index (χ1) is 16.4. The lowest BCUT2D eigenvalue weighted by Crippen LogP contribution is -2.52. The van der Waals surface area contributed by atoms with Crippen molar-refractivity contribution in [2.24, 2.45) is 5.92 Å². The third kappa shape index (κ3) is 6.15. The Hall–Kier alpha value is -2.02. The van der Waals surface area contributed by atoms with Crippen molar-refractivity contribution in [3.63, 3.8) is 0 Å². The molecule has 3 atom stereocenters. The van der Waals surface area contributed by atoms with Crippen molar-refractivity contribution in [2.75, 3.05) is 24.6 Å². The highest BCUT2D eigenvalue weighted by Crippen LogP contribution is 2.32. The van der Waals surface area contributed by atoms with Crippen LogP contribution in [0.15, 0.2) is 42.5 Å². The minimum atomic E-state index is -0.921. The van der Waals surface area contributed by atoms with Gasteiger partial charge in [-0.05, 0) is 67.0 Å². The molecule has 1 aliphatic carbocycles. The van der Waals surface area contributed by atoms with E-state index in [0.717, 1.165) is 46.8 Å². The molecule has 0 radical (unpaired) electrons. The van der Waals surface area contributed by atoms with Crippen LogP contribution in [0.25, 0.3) is 11.1 Å². The van der Waals surface area contributed by atoms with E-state index in [4.69, 9.17) is 4.74 Å². The zero-order chi connectivity index (χ0) is 24.1. The van der Waals surface area contributed by atoms with Crippen molar-refractivity contribution in [1.82, 2.24) is 4.90 Å². The summed E-state index contributed by atoms with van der Waals surface area (Å²) in [5, 5.41) is 9.70. The van der Waals surface area contributed by atoms with Crippen LogP contribution in [0.3, 0.4) is 0 Å². The van der Waals surface area contributed by atoms with Crippen LogP contribution in [0.4, 0.5) is 0 Å². The normalized spacial score (nSPS) is 23.0. The molecule has 0 aromatic heterocycles. The first kappa shape index (κ1) is 25.1. The molecule has 184 valence electrons. The second-order valence-corrected chi connectivity index (χ2v) is 11.5. The molecule has 6 heteroatoms. The maximum absolute atomic E-state index is 12.3. The summed E-state index contributed by atoms with van der Waals surface area (Å²) in [5.74, 6) is 1.29. The van der Waals surface area contributed by atoms with Crippen molar-refractivity contribution in [3.8, 4) is 11.1 Å². The summed E-state index contributed by atoms with van der Waals surface area (Å²) in [6.07, 6.45) is 6.47. The Morgan fingerprint density at radius 2 is 1.91 bits per heavy atom. The molecule has 1 heterocycles. The highest BCUT2D eigenvalue weighted by atomic mass is 32.2. The van der Waals surface area contributed by atoms with Gasteiger partial charge in [0.25, 0.3) is 0 Å². The van der Waals surface area contributed by atoms with Crippen LogP contribution in [-0.4, -0.2) is 56.9 Å². The van der Waals surface area contributed by atoms with Gasteiger partial charge in [-0.15, -0.1) is 0 Å². The van der Waals surface area contributed by atoms with Crippen LogP contribution in [0, 0.1) is 12.8 Å². The SMILES string of the molecule is Cc1ccccc1-c1cc(COC(C)CN2CCS(=O)CC2C2CCCCC2)ccc1C(=O)O. The lowest BCUT2D eigenvalue weighted by Gasteiger charge is -2.42. The van der Waals surface area contributed by atoms with Gasteiger partial charge >= 0.3 is 5.97 Å². The Kier molecular flexibility index (Phi) is 8.56. The molecule has 1 saturated carbocycles. The first-order valence-corrected chi connectivity index (χ1v) is 14.0. The number of nitrogens with zero attached hydrogens (tertiary/aromatic N) is 1. The number of carboxylic acids is 1. The van der Waals surface area contributed by atoms with Crippen LogP contribution in [0.1, 0.15) is 60.5 Å². The van der Waals surface area contributed by atoms with Gasteiger partial charge in [0.15, 0.2) is 0 Å². The molecule has 0 bridgehead atoms. The van der Waals surface area contributed by atoms with Crippen LogP contribution in [0.5, 0.6) is 0 Å². The average Bonchev–Trinajstić information content (AvgIpc) is 2.84. The molecular formula is C28H37NO4S. The average molecular weight is 484 g/mol. The van der Waals surface area contributed by atoms with Crippen LogP contribution < -0.4 is 0 Å². The van der Waals surface area contributed by atoms with E-state index in [0.29, 0.717) is 24.1 Å². The Labute approximate surface area is 206 Å². The molecule has 3 unspecified atom stereocenters. The third-order valence-electron chi connectivity index (χ3n) is 7.40. The summed E-state index contributed by atoms with van der Waals surface area (Å²) in [6.45, 7) is 6.27. The van der Waals surface area contributed by atoms with Gasteiger partial charge in [-0.2, -0.15) is 0 Å². The highest BCUT2D eigenvalue weighted by Gasteiger charge is 2.34. The molecule has 2 fully saturated rings. The summed E-state index contributed by atoms with van der Waals surface area (Å²) in [5.41, 5.74) is 4.00. The number of ether oxygens (including phenoxy) is 1. The summed E-state index contributed by atoms with van der Waals surface area (Å²) >= 11 is 0. The second-order valence-electron chi connectivity index (χ2n) is 9.89. The maximum atomic E-state index is 12.3. The zero-order valence-corrected chi connectivity index (χ0v) is 21.2. The number of aromatic carboxylic acids is 1. The standard InChI is InChI=1S/C28H37NO4S/c1-20-8-6-7-11-24(20)26-16-22(12-13-25(26)28(30)31)18-33-21(2)17-29-14-15-34(32)19-27(29)23-9-4-3-5-10-23/h6-8,11-13,16,21,23,27H,3-5,9-10,14-15,17-19H2,1-2H3,(H,30,31). The largest absolute Gasteiger partial charge is 0.478 e. The van der Waals surface area contributed by atoms with Crippen molar-refractivity contribution in [2.45, 2.75) is 64.7 Å². The fourth-order valence-electron chi connectivity index (χ4n) is 5.53. The van der Waals surface area contributed by atoms with E-state index in [2.05, 4.69) is 11.8 Å². The zero-order valence-electron chi connectivity index (χ0n) is 20.4. The number of aryl methyl sites for hydroxylation is 1. The predicted molar refractivity (Wildman–Crippen MR) is 138 cm³/mol. The minimum absolute atomic E-state index is 0.0405. The van der Waals surface area contributed by atoms with Gasteiger partial charge in [0.1, 0.15) is 0 Å². The van der Waals surface area contributed by atoms with Gasteiger partial charge < -0.3 is 9.84 Å². The van der Waals surface area contributed by atoms with Crippen molar-refractivity contribution in [1.29, 1.82) is 0 Å². The van der Waals surface area contributed by atoms with E-state index in [9.17, 15) is 14.1 Å². The second kappa shape index (κ2) is 11.6. The van der Waals surface area contributed by atoms with E-state index in [1.54, 1.807) is 6.07 Å². The van der Waals surface area contributed by atoms with E-state index >= 15 is 0 Å². The van der Waals surface area contributed by atoms with E-state index in [1.165, 1.54) is 32.1 Å². The predicted octanol–water partition coefficient (Wildman–Crippen LogP) is 5.28. The van der Waals surface area contributed by atoms with Gasteiger partial charge in [0, 0.05) is 41.4 Å². The lowest BCUT2D eigenvalue weighted by molar-refractivity contribution is 0.00930. The molecule has 1 aliphatic heterocycles. The molecule has 0 spiro atoms. The minimum Gasteiger partial charge on any atom is -0.478 e. The van der Waals surface area contributed by atoms with E-state index in [1.807, 2.05) is 43.3 Å². The summed E-state index contributed by atoms with van der Waals surface area (Å²) in [6, 6.07) is 13.8. The Morgan fingerprint density at radius 3 is 2.65 bits per heavy atom. The molecule has 4 rings (SSSR count). The molecule has 1 N–H and O–H groups in total. The lowest BCUT2D eigenvalue weighted by atomic mass is 9.83. The fourth-order valence-corrected chi connectivity index (χ4v) is 7.00. The summed E-state index contributed by atoms with van der Waals surface area (Å²) < 4.78 is 18.6. The highest BCUT2D eigenvalue weighted by molar-refractivity contribution is 7.85. The maximum Gasteiger partial charge on any atom is 0.336 e. The molecule has 5 nitrogen and oxygen atoms in total. The Balaban J connectivity index is 1.42. The number of benzene rings is 2. The molecule has 0 amide bonds. The van der Waals surface area contributed by atoms with Gasteiger partial charge in [-0.25, -0.2) is 4.79 Å². The molecule has 2 aliphatic rings. The van der Waals surface area contributed by atoms with Crippen LogP contribution >= 0.6 is 0 Å². The monoisotopic (exact) mass is 483 g/mol. The van der Waals surface area contributed by atoms with Gasteiger partial charge in [0.05, 0.1) is 18.3 Å². The number of hydrogen-bond acceptors (Lipinski definition) is 4. The van der Waals surface area contributed by atoms with Crippen LogP contribution in [-0.2, 0) is 22.1 Å². The molecule has 34 heavy (non-hydrogen) atoms. The third-order valence-corrected chi connectivity index (χ3v) is 8.75. The molecular weight excluding hydrogens is 446 g/mol. The van der Waals surface area contributed by atoms with E-state index in [-0.39, 0.29) is 6.10 Å². The molecule has 2 aromatic carbocycles. The topological polar surface area (TPSA) is 66.8 Å². The van der Waals surface area contributed by atoms with Crippen LogP contribution in [0.2, 0.25) is 0 Å². The first-order valence-electron chi connectivity index (χ1n) is 12.5. The van der Waals surface area contributed by atoms with E-state index < -0.39 is 16.8 Å². The fraction of sp³-hybridized carbons (Fsp3) is 0.536. The number of carboxylic acid groups (broad SMARTS) is 1. The van der Waals surface area contributed by atoms with Crippen molar-refractivity contribution >= 4 is 16.8 Å². The number of rotatable bonds is 8. The number of carbonyl (C=O) groups is 1. The number of hydrogen-bond donors (Lipinski definition) is 1. The Bertz CT molecular complexity index is 1020. The smallest absolute Gasteiger partial charge is 0.336 e. The summed E-state index contributed by atoms with van der Waals surface area (Å²) in [4.78, 5) is 14.4. The van der Waals surface area contributed by atoms with Crippen molar-refractivity contribution < 1.29 is 18.8 Å². The molecule has 2 aromatic rings. The quantitative estimate of drug-likeness (QED) is 0.553. The summed E-state index contributed by atoms with van der Waals surface area (Å²) in [7, 11) is -0.700. The van der Waals surface area contributed by atoms with Gasteiger partial charge in [-0.1, -0.05) is 49.6 Å².